The maximum Gasteiger partial charge on any atom is 0.274 e. The fraction of sp³-hybridized carbons (Fsp3) is 0.333. The average Bonchev–Trinajstić information content (AvgIpc) is 2.43. The Bertz CT molecular complexity index is 492. The Morgan fingerprint density at radius 1 is 1.30 bits per heavy atom. The van der Waals surface area contributed by atoms with E-state index in [-0.39, 0.29) is 17.9 Å². The molecule has 0 unspecified atom stereocenters. The summed E-state index contributed by atoms with van der Waals surface area (Å²) in [7, 11) is 0. The van der Waals surface area contributed by atoms with Gasteiger partial charge in [-0.3, -0.25) is 14.4 Å². The molecule has 20 heavy (non-hydrogen) atoms. The molecular formula is C15H18N2O3. The minimum absolute atomic E-state index is 0.160. The third-order valence-corrected chi connectivity index (χ3v) is 3.24. The van der Waals surface area contributed by atoms with Crippen LogP contribution in [0.25, 0.3) is 0 Å². The smallest absolute Gasteiger partial charge is 0.274 e. The van der Waals surface area contributed by atoms with Crippen LogP contribution in [0.3, 0.4) is 0 Å². The van der Waals surface area contributed by atoms with Gasteiger partial charge in [-0.05, 0) is 43.0 Å². The molecule has 2 rings (SSSR count). The van der Waals surface area contributed by atoms with E-state index in [9.17, 15) is 9.59 Å². The first-order valence-corrected chi connectivity index (χ1v) is 6.64. The van der Waals surface area contributed by atoms with Crippen molar-refractivity contribution in [2.75, 3.05) is 0 Å². The Morgan fingerprint density at radius 3 is 2.55 bits per heavy atom. The lowest BCUT2D eigenvalue weighted by Crippen LogP contribution is -2.33. The van der Waals surface area contributed by atoms with Crippen LogP contribution in [0.1, 0.15) is 35.2 Å². The molecule has 0 saturated heterocycles. The molecule has 0 aromatic heterocycles. The third kappa shape index (κ3) is 3.93. The molecule has 0 bridgehead atoms. The van der Waals surface area contributed by atoms with Crippen molar-refractivity contribution in [3.8, 4) is 0 Å². The van der Waals surface area contributed by atoms with Crippen LogP contribution in [0, 0.1) is 0 Å². The Morgan fingerprint density at radius 2 is 2.00 bits per heavy atom. The Labute approximate surface area is 118 Å². The molecule has 0 aliphatic heterocycles. The van der Waals surface area contributed by atoms with E-state index < -0.39 is 0 Å². The maximum absolute atomic E-state index is 11.8. The van der Waals surface area contributed by atoms with E-state index >= 15 is 0 Å². The van der Waals surface area contributed by atoms with Crippen molar-refractivity contribution in [2.45, 2.75) is 31.9 Å². The molecule has 1 aliphatic carbocycles. The number of hydroxylamine groups is 1. The SMILES string of the molecule is C=CC(=O)NCc1ccc(C(=O)NOC2CCC2)cc1. The first-order valence-electron chi connectivity index (χ1n) is 6.64. The third-order valence-electron chi connectivity index (χ3n) is 3.24. The fourth-order valence-electron chi connectivity index (χ4n) is 1.72. The van der Waals surface area contributed by atoms with Crippen molar-refractivity contribution in [3.63, 3.8) is 0 Å². The van der Waals surface area contributed by atoms with Gasteiger partial charge in [-0.15, -0.1) is 0 Å². The number of carbonyl (C=O) groups is 2. The summed E-state index contributed by atoms with van der Waals surface area (Å²) in [6.45, 7) is 3.79. The second kappa shape index (κ2) is 6.86. The second-order valence-electron chi connectivity index (χ2n) is 4.72. The number of hydrogen-bond acceptors (Lipinski definition) is 3. The van der Waals surface area contributed by atoms with Gasteiger partial charge < -0.3 is 5.32 Å². The Kier molecular flexibility index (Phi) is 4.90. The number of nitrogens with one attached hydrogen (secondary N) is 2. The maximum atomic E-state index is 11.8. The molecule has 1 aromatic carbocycles. The average molecular weight is 274 g/mol. The van der Waals surface area contributed by atoms with Gasteiger partial charge in [0.2, 0.25) is 5.91 Å². The summed E-state index contributed by atoms with van der Waals surface area (Å²) in [6, 6.07) is 6.99. The summed E-state index contributed by atoms with van der Waals surface area (Å²) < 4.78 is 0. The predicted octanol–water partition coefficient (Wildman–Crippen LogP) is 1.70. The van der Waals surface area contributed by atoms with Crippen molar-refractivity contribution in [1.82, 2.24) is 10.8 Å². The second-order valence-corrected chi connectivity index (χ2v) is 4.72. The predicted molar refractivity (Wildman–Crippen MR) is 74.7 cm³/mol. The Hall–Kier alpha value is -2.14. The molecule has 1 saturated carbocycles. The van der Waals surface area contributed by atoms with Crippen molar-refractivity contribution in [1.29, 1.82) is 0 Å². The standard InChI is InChI=1S/C15H18N2O3/c1-2-14(18)16-10-11-6-8-12(9-7-11)15(19)17-20-13-4-3-5-13/h2,6-9,13H,1,3-5,10H2,(H,16,18)(H,17,19). The van der Waals surface area contributed by atoms with E-state index in [4.69, 9.17) is 4.84 Å². The van der Waals surface area contributed by atoms with Gasteiger partial charge in [0, 0.05) is 12.1 Å². The molecule has 1 aromatic rings. The molecule has 5 heteroatoms. The van der Waals surface area contributed by atoms with Crippen LogP contribution in [-0.4, -0.2) is 17.9 Å². The topological polar surface area (TPSA) is 67.4 Å². The number of rotatable bonds is 6. The summed E-state index contributed by atoms with van der Waals surface area (Å²) in [5, 5.41) is 2.67. The zero-order valence-corrected chi connectivity index (χ0v) is 11.2. The molecule has 106 valence electrons. The minimum atomic E-state index is -0.251. The largest absolute Gasteiger partial charge is 0.348 e. The highest BCUT2D eigenvalue weighted by Crippen LogP contribution is 2.20. The summed E-state index contributed by atoms with van der Waals surface area (Å²) in [6.07, 6.45) is 4.54. The van der Waals surface area contributed by atoms with Crippen molar-refractivity contribution < 1.29 is 14.4 Å². The van der Waals surface area contributed by atoms with Crippen molar-refractivity contribution in [3.05, 3.63) is 48.0 Å². The van der Waals surface area contributed by atoms with Gasteiger partial charge in [0.15, 0.2) is 0 Å². The molecule has 5 nitrogen and oxygen atoms in total. The quantitative estimate of drug-likeness (QED) is 0.613. The normalized spacial score (nSPS) is 14.2. The van der Waals surface area contributed by atoms with E-state index in [0.717, 1.165) is 24.8 Å². The Balaban J connectivity index is 1.81. The molecule has 2 N–H and O–H groups in total. The first kappa shape index (κ1) is 14.3. The van der Waals surface area contributed by atoms with E-state index in [1.807, 2.05) is 0 Å². The van der Waals surface area contributed by atoms with Gasteiger partial charge in [0.25, 0.3) is 5.91 Å². The summed E-state index contributed by atoms with van der Waals surface area (Å²) in [5.41, 5.74) is 3.90. The lowest BCUT2D eigenvalue weighted by Gasteiger charge is -2.24. The monoisotopic (exact) mass is 274 g/mol. The van der Waals surface area contributed by atoms with Crippen LogP contribution >= 0.6 is 0 Å². The lowest BCUT2D eigenvalue weighted by molar-refractivity contribution is -0.116. The van der Waals surface area contributed by atoms with Gasteiger partial charge in [-0.1, -0.05) is 18.7 Å². The van der Waals surface area contributed by atoms with Gasteiger partial charge in [-0.2, -0.15) is 0 Å². The van der Waals surface area contributed by atoms with Crippen LogP contribution in [0.15, 0.2) is 36.9 Å². The molecule has 0 heterocycles. The number of benzene rings is 1. The summed E-state index contributed by atoms with van der Waals surface area (Å²) in [4.78, 5) is 28.1. The number of amides is 2. The molecule has 0 radical (unpaired) electrons. The highest BCUT2D eigenvalue weighted by Gasteiger charge is 2.19. The van der Waals surface area contributed by atoms with E-state index in [2.05, 4.69) is 17.4 Å². The zero-order chi connectivity index (χ0) is 14.4. The number of hydrogen-bond donors (Lipinski definition) is 2. The molecule has 1 fully saturated rings. The molecule has 0 atom stereocenters. The minimum Gasteiger partial charge on any atom is -0.348 e. The van der Waals surface area contributed by atoms with Crippen LogP contribution in [0.4, 0.5) is 0 Å². The van der Waals surface area contributed by atoms with Crippen LogP contribution in [-0.2, 0) is 16.2 Å². The molecule has 1 aliphatic rings. The van der Waals surface area contributed by atoms with Gasteiger partial charge >= 0.3 is 0 Å². The van der Waals surface area contributed by atoms with Crippen LogP contribution < -0.4 is 10.8 Å². The highest BCUT2D eigenvalue weighted by molar-refractivity contribution is 5.93. The summed E-state index contributed by atoms with van der Waals surface area (Å²) >= 11 is 0. The van der Waals surface area contributed by atoms with Gasteiger partial charge in [0.05, 0.1) is 6.10 Å². The zero-order valence-electron chi connectivity index (χ0n) is 11.2. The molecule has 2 amide bonds. The number of carbonyl (C=O) groups excluding carboxylic acids is 2. The molecular weight excluding hydrogens is 256 g/mol. The van der Waals surface area contributed by atoms with E-state index in [0.29, 0.717) is 12.1 Å². The highest BCUT2D eigenvalue weighted by atomic mass is 16.7. The molecule has 0 spiro atoms. The fourth-order valence-corrected chi connectivity index (χ4v) is 1.72. The summed E-state index contributed by atoms with van der Waals surface area (Å²) in [5.74, 6) is -0.473. The van der Waals surface area contributed by atoms with Crippen molar-refractivity contribution in [2.24, 2.45) is 0 Å². The van der Waals surface area contributed by atoms with Crippen LogP contribution in [0.5, 0.6) is 0 Å². The van der Waals surface area contributed by atoms with Crippen molar-refractivity contribution >= 4 is 11.8 Å². The van der Waals surface area contributed by atoms with Gasteiger partial charge in [-0.25, -0.2) is 5.48 Å². The van der Waals surface area contributed by atoms with E-state index in [1.54, 1.807) is 24.3 Å². The first-order chi connectivity index (χ1) is 9.69. The lowest BCUT2D eigenvalue weighted by atomic mass is 9.97. The van der Waals surface area contributed by atoms with Crippen LogP contribution in [0.2, 0.25) is 0 Å². The van der Waals surface area contributed by atoms with Gasteiger partial charge in [0.1, 0.15) is 0 Å². The van der Waals surface area contributed by atoms with E-state index in [1.165, 1.54) is 6.08 Å².